The van der Waals surface area contributed by atoms with Crippen molar-refractivity contribution < 1.29 is 9.84 Å². The molecule has 4 heteroatoms. The Bertz CT molecular complexity index is 283. The lowest BCUT2D eigenvalue weighted by molar-refractivity contribution is 0.0940. The molecule has 1 atom stereocenters. The fourth-order valence-corrected chi connectivity index (χ4v) is 3.50. The number of ether oxygens (including phenoxy) is 1. The van der Waals surface area contributed by atoms with Crippen molar-refractivity contribution in [2.24, 2.45) is 5.92 Å². The Morgan fingerprint density at radius 3 is 2.48 bits per heavy atom. The SMILES string of the molecule is CCC(CO)(CCCN1CCC(COC)CC1)NC1CC1. The van der Waals surface area contributed by atoms with Crippen molar-refractivity contribution in [3.8, 4) is 0 Å². The van der Waals surface area contributed by atoms with Crippen LogP contribution in [-0.2, 0) is 4.74 Å². The van der Waals surface area contributed by atoms with Gasteiger partial charge in [-0.25, -0.2) is 0 Å². The van der Waals surface area contributed by atoms with Gasteiger partial charge in [-0.15, -0.1) is 0 Å². The summed E-state index contributed by atoms with van der Waals surface area (Å²) in [4.78, 5) is 2.58. The molecule has 124 valence electrons. The van der Waals surface area contributed by atoms with Gasteiger partial charge in [0, 0.05) is 25.3 Å². The first-order chi connectivity index (χ1) is 10.2. The van der Waals surface area contributed by atoms with Crippen LogP contribution >= 0.6 is 0 Å². The molecule has 2 aliphatic rings. The lowest BCUT2D eigenvalue weighted by atomic mass is 9.90. The number of nitrogens with one attached hydrogen (secondary N) is 1. The monoisotopic (exact) mass is 298 g/mol. The molecular weight excluding hydrogens is 264 g/mol. The van der Waals surface area contributed by atoms with E-state index in [1.165, 1.54) is 51.7 Å². The molecule has 4 nitrogen and oxygen atoms in total. The van der Waals surface area contributed by atoms with Crippen LogP contribution in [0.1, 0.15) is 51.9 Å². The third kappa shape index (κ3) is 5.51. The molecular formula is C17H34N2O2. The number of rotatable bonds is 10. The molecule has 0 aromatic rings. The second kappa shape index (κ2) is 8.47. The molecule has 1 aliphatic carbocycles. The molecule has 1 unspecified atom stereocenters. The molecule has 2 fully saturated rings. The molecule has 0 aromatic carbocycles. The van der Waals surface area contributed by atoms with Crippen LogP contribution in [0.25, 0.3) is 0 Å². The molecule has 1 aliphatic heterocycles. The zero-order chi connectivity index (χ0) is 15.1. The van der Waals surface area contributed by atoms with Crippen molar-refractivity contribution in [2.75, 3.05) is 40.0 Å². The van der Waals surface area contributed by atoms with Crippen LogP contribution in [0.15, 0.2) is 0 Å². The van der Waals surface area contributed by atoms with Crippen molar-refractivity contribution >= 4 is 0 Å². The van der Waals surface area contributed by atoms with Gasteiger partial charge in [-0.2, -0.15) is 0 Å². The molecule has 21 heavy (non-hydrogen) atoms. The Morgan fingerprint density at radius 2 is 1.95 bits per heavy atom. The van der Waals surface area contributed by atoms with Gasteiger partial charge in [0.05, 0.1) is 6.61 Å². The van der Waals surface area contributed by atoms with Crippen molar-refractivity contribution in [1.82, 2.24) is 10.2 Å². The van der Waals surface area contributed by atoms with E-state index in [-0.39, 0.29) is 12.1 Å². The van der Waals surface area contributed by atoms with Crippen LogP contribution in [0.5, 0.6) is 0 Å². The maximum absolute atomic E-state index is 9.79. The van der Waals surface area contributed by atoms with Gasteiger partial charge in [-0.1, -0.05) is 6.92 Å². The highest BCUT2D eigenvalue weighted by atomic mass is 16.5. The van der Waals surface area contributed by atoms with E-state index >= 15 is 0 Å². The molecule has 2 N–H and O–H groups in total. The average molecular weight is 298 g/mol. The minimum atomic E-state index is -0.0322. The number of likely N-dealkylation sites (tertiary alicyclic amines) is 1. The van der Waals surface area contributed by atoms with E-state index in [4.69, 9.17) is 4.74 Å². The Morgan fingerprint density at radius 1 is 1.24 bits per heavy atom. The first-order valence-electron chi connectivity index (χ1n) is 8.81. The van der Waals surface area contributed by atoms with Gasteiger partial charge < -0.3 is 20.1 Å². The quantitative estimate of drug-likeness (QED) is 0.648. The van der Waals surface area contributed by atoms with E-state index in [2.05, 4.69) is 17.1 Å². The summed E-state index contributed by atoms with van der Waals surface area (Å²) in [6.07, 6.45) is 8.41. The van der Waals surface area contributed by atoms with Crippen LogP contribution in [0, 0.1) is 5.92 Å². The summed E-state index contributed by atoms with van der Waals surface area (Å²) in [5.41, 5.74) is -0.0322. The smallest absolute Gasteiger partial charge is 0.0613 e. The molecule has 1 saturated heterocycles. The largest absolute Gasteiger partial charge is 0.394 e. The molecule has 0 aromatic heterocycles. The number of methoxy groups -OCH3 is 1. The molecule has 0 bridgehead atoms. The molecule has 1 saturated carbocycles. The predicted molar refractivity (Wildman–Crippen MR) is 86.5 cm³/mol. The fraction of sp³-hybridized carbons (Fsp3) is 1.00. The summed E-state index contributed by atoms with van der Waals surface area (Å²) >= 11 is 0. The van der Waals surface area contributed by atoms with Crippen LogP contribution in [0.3, 0.4) is 0 Å². The molecule has 0 radical (unpaired) electrons. The predicted octanol–water partition coefficient (Wildman–Crippen LogP) is 2.02. The molecule has 0 amide bonds. The van der Waals surface area contributed by atoms with Crippen molar-refractivity contribution in [3.63, 3.8) is 0 Å². The van der Waals surface area contributed by atoms with E-state index in [0.717, 1.165) is 25.4 Å². The van der Waals surface area contributed by atoms with Gasteiger partial charge in [0.25, 0.3) is 0 Å². The summed E-state index contributed by atoms with van der Waals surface area (Å²) < 4.78 is 5.26. The van der Waals surface area contributed by atoms with Gasteiger partial charge in [0.15, 0.2) is 0 Å². The highest BCUT2D eigenvalue weighted by molar-refractivity contribution is 4.94. The van der Waals surface area contributed by atoms with Gasteiger partial charge in [0.1, 0.15) is 0 Å². The Hall–Kier alpha value is -0.160. The van der Waals surface area contributed by atoms with Crippen LogP contribution in [0.2, 0.25) is 0 Å². The summed E-state index contributed by atoms with van der Waals surface area (Å²) in [6, 6.07) is 0.668. The maximum Gasteiger partial charge on any atom is 0.0613 e. The number of aliphatic hydroxyl groups excluding tert-OH is 1. The summed E-state index contributed by atoms with van der Waals surface area (Å²) in [6.45, 7) is 6.98. The Labute approximate surface area is 130 Å². The summed E-state index contributed by atoms with van der Waals surface area (Å²) in [5.74, 6) is 0.759. The summed E-state index contributed by atoms with van der Waals surface area (Å²) in [7, 11) is 1.80. The topological polar surface area (TPSA) is 44.7 Å². The van der Waals surface area contributed by atoms with Gasteiger partial charge >= 0.3 is 0 Å². The van der Waals surface area contributed by atoms with E-state index in [1.54, 1.807) is 7.11 Å². The number of aliphatic hydroxyl groups is 1. The zero-order valence-electron chi connectivity index (χ0n) is 13.9. The van der Waals surface area contributed by atoms with Crippen molar-refractivity contribution in [1.29, 1.82) is 0 Å². The lowest BCUT2D eigenvalue weighted by Crippen LogP contribution is -2.49. The van der Waals surface area contributed by atoms with E-state index in [9.17, 15) is 5.11 Å². The van der Waals surface area contributed by atoms with Crippen molar-refractivity contribution in [2.45, 2.75) is 63.5 Å². The third-order valence-electron chi connectivity index (χ3n) is 5.31. The second-order valence-electron chi connectivity index (χ2n) is 7.05. The van der Waals surface area contributed by atoms with Crippen LogP contribution < -0.4 is 5.32 Å². The normalized spacial score (nSPS) is 24.1. The molecule has 2 rings (SSSR count). The van der Waals surface area contributed by atoms with Gasteiger partial charge in [0.2, 0.25) is 0 Å². The number of hydrogen-bond acceptors (Lipinski definition) is 4. The number of nitrogens with zero attached hydrogens (tertiary/aromatic N) is 1. The zero-order valence-corrected chi connectivity index (χ0v) is 13.9. The standard InChI is InChI=1S/C17H34N2O2/c1-3-17(14-20,18-16-5-6-16)9-4-10-19-11-7-15(8-12-19)13-21-2/h15-16,18,20H,3-14H2,1-2H3. The molecule has 1 heterocycles. The minimum Gasteiger partial charge on any atom is -0.394 e. The van der Waals surface area contributed by atoms with E-state index in [0.29, 0.717) is 6.04 Å². The second-order valence-corrected chi connectivity index (χ2v) is 7.05. The third-order valence-corrected chi connectivity index (χ3v) is 5.31. The van der Waals surface area contributed by atoms with Gasteiger partial charge in [-0.05, 0) is 70.5 Å². The lowest BCUT2D eigenvalue weighted by Gasteiger charge is -2.35. The fourth-order valence-electron chi connectivity index (χ4n) is 3.50. The highest BCUT2D eigenvalue weighted by Crippen LogP contribution is 2.27. The van der Waals surface area contributed by atoms with E-state index < -0.39 is 0 Å². The first kappa shape index (κ1) is 17.2. The molecule has 0 spiro atoms. The summed E-state index contributed by atoms with van der Waals surface area (Å²) in [5, 5.41) is 13.5. The first-order valence-corrected chi connectivity index (χ1v) is 8.81. The van der Waals surface area contributed by atoms with Crippen LogP contribution in [0.4, 0.5) is 0 Å². The highest BCUT2D eigenvalue weighted by Gasteiger charge is 2.34. The van der Waals surface area contributed by atoms with Crippen LogP contribution in [-0.4, -0.2) is 61.5 Å². The van der Waals surface area contributed by atoms with Gasteiger partial charge in [-0.3, -0.25) is 0 Å². The Balaban J connectivity index is 1.65. The minimum absolute atomic E-state index is 0.0322. The van der Waals surface area contributed by atoms with Crippen molar-refractivity contribution in [3.05, 3.63) is 0 Å². The maximum atomic E-state index is 9.79. The number of hydrogen-bond donors (Lipinski definition) is 2. The van der Waals surface area contributed by atoms with E-state index in [1.807, 2.05) is 0 Å². The average Bonchev–Trinajstić information content (AvgIpc) is 3.32. The Kier molecular flexibility index (Phi) is 6.93. The number of piperidine rings is 1.